The average Bonchev–Trinajstić information content (AvgIpc) is 2.97. The predicted octanol–water partition coefficient (Wildman–Crippen LogP) is 3.76. The van der Waals surface area contributed by atoms with Gasteiger partial charge in [-0.1, -0.05) is 6.07 Å². The highest BCUT2D eigenvalue weighted by molar-refractivity contribution is 5.70. The van der Waals surface area contributed by atoms with Crippen molar-refractivity contribution >= 4 is 6.09 Å². The number of carbonyl (C=O) groups is 1. The Hall–Kier alpha value is -2.09. The quantitative estimate of drug-likeness (QED) is 0.800. The SMILES string of the molecule is CC(C)(C)OC(=O)N1C2CCC1CC(O)(c1ccc3c(c1)OC(F)(F)O3)C2. The summed E-state index contributed by atoms with van der Waals surface area (Å²) in [6.45, 7) is 5.44. The average molecular weight is 383 g/mol. The van der Waals surface area contributed by atoms with E-state index in [0.29, 0.717) is 18.4 Å². The van der Waals surface area contributed by atoms with Crippen LogP contribution in [0.15, 0.2) is 18.2 Å². The summed E-state index contributed by atoms with van der Waals surface area (Å²) >= 11 is 0. The molecule has 148 valence electrons. The highest BCUT2D eigenvalue weighted by Crippen LogP contribution is 2.49. The molecule has 3 heterocycles. The molecule has 1 amide bonds. The van der Waals surface area contributed by atoms with Crippen molar-refractivity contribution in [3.05, 3.63) is 23.8 Å². The maximum Gasteiger partial charge on any atom is 0.586 e. The smallest absolute Gasteiger partial charge is 0.444 e. The predicted molar refractivity (Wildman–Crippen MR) is 90.7 cm³/mol. The fourth-order valence-corrected chi connectivity index (χ4v) is 4.31. The Balaban J connectivity index is 1.55. The number of carbonyl (C=O) groups excluding carboxylic acids is 1. The lowest BCUT2D eigenvalue weighted by atomic mass is 9.80. The molecular formula is C19H23F2NO5. The molecular weight excluding hydrogens is 360 g/mol. The first-order valence-electron chi connectivity index (χ1n) is 9.10. The van der Waals surface area contributed by atoms with E-state index in [1.54, 1.807) is 11.0 Å². The third kappa shape index (κ3) is 3.31. The Morgan fingerprint density at radius 1 is 1.19 bits per heavy atom. The number of hydrogen-bond acceptors (Lipinski definition) is 5. The van der Waals surface area contributed by atoms with E-state index in [0.717, 1.165) is 12.8 Å². The monoisotopic (exact) mass is 383 g/mol. The number of ether oxygens (including phenoxy) is 3. The second-order valence-corrected chi connectivity index (χ2v) is 8.54. The summed E-state index contributed by atoms with van der Waals surface area (Å²) in [5.41, 5.74) is -1.32. The van der Waals surface area contributed by atoms with Gasteiger partial charge in [-0.3, -0.25) is 0 Å². The number of alkyl halides is 2. The Morgan fingerprint density at radius 2 is 1.78 bits per heavy atom. The van der Waals surface area contributed by atoms with Crippen LogP contribution in [-0.2, 0) is 10.3 Å². The lowest BCUT2D eigenvalue weighted by Gasteiger charge is -2.44. The van der Waals surface area contributed by atoms with Gasteiger partial charge in [0.05, 0.1) is 5.60 Å². The number of rotatable bonds is 1. The van der Waals surface area contributed by atoms with E-state index < -0.39 is 17.5 Å². The van der Waals surface area contributed by atoms with Crippen molar-refractivity contribution in [2.75, 3.05) is 0 Å². The third-order valence-corrected chi connectivity index (χ3v) is 5.31. The standard InChI is InChI=1S/C19H23F2NO5/c1-17(2,3)27-16(23)22-12-5-6-13(22)10-18(24,9-12)11-4-7-14-15(8-11)26-19(20,21)25-14/h4,7-8,12-13,24H,5-6,9-10H2,1-3H3. The second-order valence-electron chi connectivity index (χ2n) is 8.54. The lowest BCUT2D eigenvalue weighted by molar-refractivity contribution is -0.286. The molecule has 0 aromatic heterocycles. The van der Waals surface area contributed by atoms with Crippen LogP contribution in [0.25, 0.3) is 0 Å². The van der Waals surface area contributed by atoms with Crippen LogP contribution in [0.1, 0.15) is 52.0 Å². The highest BCUT2D eigenvalue weighted by atomic mass is 19.3. The van der Waals surface area contributed by atoms with Crippen LogP contribution in [0.2, 0.25) is 0 Å². The molecule has 2 bridgehead atoms. The van der Waals surface area contributed by atoms with Crippen LogP contribution in [0.3, 0.4) is 0 Å². The van der Waals surface area contributed by atoms with Crippen molar-refractivity contribution in [1.29, 1.82) is 0 Å². The fourth-order valence-electron chi connectivity index (χ4n) is 4.31. The van der Waals surface area contributed by atoms with Gasteiger partial charge in [0, 0.05) is 24.9 Å². The molecule has 1 aromatic carbocycles. The summed E-state index contributed by atoms with van der Waals surface area (Å²) in [4.78, 5) is 14.3. The van der Waals surface area contributed by atoms with Crippen LogP contribution >= 0.6 is 0 Å². The molecule has 8 heteroatoms. The van der Waals surface area contributed by atoms with E-state index in [9.17, 15) is 18.7 Å². The zero-order valence-corrected chi connectivity index (χ0v) is 15.5. The Kier molecular flexibility index (Phi) is 3.86. The lowest BCUT2D eigenvalue weighted by Crippen LogP contribution is -2.53. The summed E-state index contributed by atoms with van der Waals surface area (Å²) < 4.78 is 40.9. The molecule has 1 aromatic rings. The van der Waals surface area contributed by atoms with Crippen LogP contribution in [-0.4, -0.2) is 40.1 Å². The summed E-state index contributed by atoms with van der Waals surface area (Å²) in [7, 11) is 0. The zero-order chi connectivity index (χ0) is 19.6. The minimum Gasteiger partial charge on any atom is -0.444 e. The molecule has 0 saturated carbocycles. The molecule has 2 saturated heterocycles. The maximum absolute atomic E-state index is 13.3. The zero-order valence-electron chi connectivity index (χ0n) is 15.5. The van der Waals surface area contributed by atoms with Crippen LogP contribution < -0.4 is 9.47 Å². The number of piperidine rings is 1. The molecule has 0 spiro atoms. The van der Waals surface area contributed by atoms with E-state index in [1.807, 2.05) is 20.8 Å². The summed E-state index contributed by atoms with van der Waals surface area (Å²) in [5, 5.41) is 11.3. The van der Waals surface area contributed by atoms with Crippen LogP contribution in [0.5, 0.6) is 11.5 Å². The van der Waals surface area contributed by atoms with Gasteiger partial charge in [-0.15, -0.1) is 8.78 Å². The van der Waals surface area contributed by atoms with Gasteiger partial charge in [-0.25, -0.2) is 4.79 Å². The Labute approximate surface area is 156 Å². The fraction of sp³-hybridized carbons (Fsp3) is 0.632. The molecule has 4 rings (SSSR count). The van der Waals surface area contributed by atoms with Crippen molar-refractivity contribution in [3.8, 4) is 11.5 Å². The van der Waals surface area contributed by atoms with Gasteiger partial charge in [0.2, 0.25) is 0 Å². The molecule has 3 aliphatic heterocycles. The van der Waals surface area contributed by atoms with E-state index in [-0.39, 0.29) is 29.7 Å². The van der Waals surface area contributed by atoms with Gasteiger partial charge in [0.1, 0.15) is 5.60 Å². The van der Waals surface area contributed by atoms with Gasteiger partial charge >= 0.3 is 12.4 Å². The van der Waals surface area contributed by atoms with E-state index in [1.165, 1.54) is 12.1 Å². The molecule has 2 atom stereocenters. The highest BCUT2D eigenvalue weighted by Gasteiger charge is 2.52. The largest absolute Gasteiger partial charge is 0.586 e. The summed E-state index contributed by atoms with van der Waals surface area (Å²) in [6, 6.07) is 4.04. The van der Waals surface area contributed by atoms with Crippen LogP contribution in [0.4, 0.5) is 13.6 Å². The second kappa shape index (κ2) is 5.70. The van der Waals surface area contributed by atoms with Crippen molar-refractivity contribution < 1.29 is 32.9 Å². The van der Waals surface area contributed by atoms with Crippen LogP contribution in [0, 0.1) is 0 Å². The number of aliphatic hydroxyl groups is 1. The third-order valence-electron chi connectivity index (χ3n) is 5.31. The van der Waals surface area contributed by atoms with E-state index >= 15 is 0 Å². The van der Waals surface area contributed by atoms with Crippen molar-refractivity contribution in [2.45, 2.75) is 76.0 Å². The number of halogens is 2. The number of amides is 1. The summed E-state index contributed by atoms with van der Waals surface area (Å²) in [5.74, 6) is -0.144. The molecule has 3 aliphatic rings. The number of nitrogens with zero attached hydrogens (tertiary/aromatic N) is 1. The Bertz CT molecular complexity index is 762. The minimum absolute atomic E-state index is 0.0542. The van der Waals surface area contributed by atoms with E-state index in [4.69, 9.17) is 4.74 Å². The molecule has 27 heavy (non-hydrogen) atoms. The number of benzene rings is 1. The molecule has 2 unspecified atom stereocenters. The first-order chi connectivity index (χ1) is 12.5. The van der Waals surface area contributed by atoms with Crippen molar-refractivity contribution in [2.24, 2.45) is 0 Å². The first-order valence-corrected chi connectivity index (χ1v) is 9.10. The molecule has 0 radical (unpaired) electrons. The molecule has 0 aliphatic carbocycles. The Morgan fingerprint density at radius 3 is 2.37 bits per heavy atom. The number of hydrogen-bond donors (Lipinski definition) is 1. The molecule has 6 nitrogen and oxygen atoms in total. The van der Waals surface area contributed by atoms with Gasteiger partial charge < -0.3 is 24.2 Å². The minimum atomic E-state index is -3.69. The van der Waals surface area contributed by atoms with Crippen molar-refractivity contribution in [3.63, 3.8) is 0 Å². The van der Waals surface area contributed by atoms with Gasteiger partial charge in [0.25, 0.3) is 0 Å². The number of fused-ring (bicyclic) bond motifs is 3. The first kappa shape index (κ1) is 18.3. The van der Waals surface area contributed by atoms with E-state index in [2.05, 4.69) is 9.47 Å². The molecule has 2 fully saturated rings. The van der Waals surface area contributed by atoms with Gasteiger partial charge in [-0.05, 0) is 51.3 Å². The molecule has 1 N–H and O–H groups in total. The maximum atomic E-state index is 13.3. The topological polar surface area (TPSA) is 68.2 Å². The summed E-state index contributed by atoms with van der Waals surface area (Å²) in [6.07, 6.45) is -1.88. The van der Waals surface area contributed by atoms with Crippen molar-refractivity contribution in [1.82, 2.24) is 4.90 Å². The van der Waals surface area contributed by atoms with Gasteiger partial charge in [-0.2, -0.15) is 0 Å². The normalized spacial score (nSPS) is 31.1. The van der Waals surface area contributed by atoms with Gasteiger partial charge in [0.15, 0.2) is 11.5 Å².